The zero-order chi connectivity index (χ0) is 15.2. The third-order valence-corrected chi connectivity index (χ3v) is 2.95. The van der Waals surface area contributed by atoms with Crippen molar-refractivity contribution in [1.29, 1.82) is 0 Å². The number of carbonyl (C=O) groups is 1. The van der Waals surface area contributed by atoms with Crippen molar-refractivity contribution in [2.75, 3.05) is 17.7 Å². The highest BCUT2D eigenvalue weighted by molar-refractivity contribution is 5.90. The normalized spacial score (nSPS) is 10.0. The van der Waals surface area contributed by atoms with E-state index in [4.69, 9.17) is 4.74 Å². The van der Waals surface area contributed by atoms with Gasteiger partial charge < -0.3 is 15.4 Å². The summed E-state index contributed by atoms with van der Waals surface area (Å²) in [6, 6.07) is 11.9. The number of anilines is 2. The van der Waals surface area contributed by atoms with Crippen LogP contribution in [0.2, 0.25) is 0 Å². The lowest BCUT2D eigenvalue weighted by molar-refractivity contribution is -0.114. The molecular formula is C16H17FN2O2. The quantitative estimate of drug-likeness (QED) is 0.886. The fourth-order valence-corrected chi connectivity index (χ4v) is 1.93. The lowest BCUT2D eigenvalue weighted by Crippen LogP contribution is -2.08. The number of ether oxygens (including phenoxy) is 1. The molecule has 2 aromatic rings. The smallest absolute Gasteiger partial charge is 0.221 e. The Morgan fingerprint density at radius 2 is 2.00 bits per heavy atom. The molecule has 0 saturated heterocycles. The molecule has 0 radical (unpaired) electrons. The highest BCUT2D eigenvalue weighted by Crippen LogP contribution is 2.28. The molecule has 0 spiro atoms. The fourth-order valence-electron chi connectivity index (χ4n) is 1.93. The summed E-state index contributed by atoms with van der Waals surface area (Å²) in [5, 5.41) is 5.81. The first kappa shape index (κ1) is 14.8. The number of hydrogen-bond acceptors (Lipinski definition) is 3. The minimum atomic E-state index is -0.244. The first-order chi connectivity index (χ1) is 10.1. The van der Waals surface area contributed by atoms with Crippen LogP contribution in [-0.4, -0.2) is 13.0 Å². The molecule has 2 aromatic carbocycles. The van der Waals surface area contributed by atoms with E-state index in [1.165, 1.54) is 20.1 Å². The zero-order valence-electron chi connectivity index (χ0n) is 11.9. The van der Waals surface area contributed by atoms with E-state index in [-0.39, 0.29) is 11.7 Å². The molecule has 21 heavy (non-hydrogen) atoms. The van der Waals surface area contributed by atoms with Gasteiger partial charge in [0, 0.05) is 30.8 Å². The van der Waals surface area contributed by atoms with E-state index in [1.807, 2.05) is 0 Å². The molecule has 0 unspecified atom stereocenters. The third kappa shape index (κ3) is 3.95. The van der Waals surface area contributed by atoms with Crippen LogP contribution in [0.5, 0.6) is 5.75 Å². The number of benzene rings is 2. The van der Waals surface area contributed by atoms with E-state index in [2.05, 4.69) is 10.6 Å². The van der Waals surface area contributed by atoms with E-state index < -0.39 is 0 Å². The van der Waals surface area contributed by atoms with Crippen LogP contribution in [0.4, 0.5) is 15.8 Å². The number of hydrogen-bond donors (Lipinski definition) is 2. The molecule has 0 aliphatic heterocycles. The van der Waals surface area contributed by atoms with Crippen molar-refractivity contribution in [2.45, 2.75) is 13.5 Å². The van der Waals surface area contributed by atoms with Gasteiger partial charge in [-0.3, -0.25) is 4.79 Å². The predicted molar refractivity (Wildman–Crippen MR) is 81.0 cm³/mol. The molecule has 4 nitrogen and oxygen atoms in total. The van der Waals surface area contributed by atoms with Gasteiger partial charge in [0.15, 0.2) is 0 Å². The molecule has 0 aliphatic carbocycles. The van der Waals surface area contributed by atoms with Crippen LogP contribution in [0.1, 0.15) is 12.5 Å². The average Bonchev–Trinajstić information content (AvgIpc) is 2.47. The monoisotopic (exact) mass is 288 g/mol. The first-order valence-corrected chi connectivity index (χ1v) is 6.53. The topological polar surface area (TPSA) is 50.4 Å². The van der Waals surface area contributed by atoms with Crippen molar-refractivity contribution in [1.82, 2.24) is 0 Å². The van der Waals surface area contributed by atoms with Crippen molar-refractivity contribution >= 4 is 17.3 Å². The Labute approximate surface area is 122 Å². The van der Waals surface area contributed by atoms with Crippen molar-refractivity contribution < 1.29 is 13.9 Å². The molecule has 0 bridgehead atoms. The summed E-state index contributed by atoms with van der Waals surface area (Å²) in [6.07, 6.45) is 0. The summed E-state index contributed by atoms with van der Waals surface area (Å²) in [6.45, 7) is 1.80. The minimum Gasteiger partial charge on any atom is -0.494 e. The van der Waals surface area contributed by atoms with Gasteiger partial charge in [0.25, 0.3) is 0 Å². The molecule has 0 atom stereocenters. The summed E-state index contributed by atoms with van der Waals surface area (Å²) >= 11 is 0. The van der Waals surface area contributed by atoms with Crippen LogP contribution in [-0.2, 0) is 11.3 Å². The second kappa shape index (κ2) is 6.74. The van der Waals surface area contributed by atoms with Gasteiger partial charge in [-0.2, -0.15) is 0 Å². The van der Waals surface area contributed by atoms with Crippen molar-refractivity contribution in [3.05, 3.63) is 53.8 Å². The maximum absolute atomic E-state index is 13.5. The van der Waals surface area contributed by atoms with Gasteiger partial charge >= 0.3 is 0 Å². The molecule has 0 fully saturated rings. The maximum atomic E-state index is 13.5. The van der Waals surface area contributed by atoms with Gasteiger partial charge in [-0.05, 0) is 18.2 Å². The molecule has 2 rings (SSSR count). The SMILES string of the molecule is COc1cc(NCc2ccccc2F)ccc1NC(C)=O. The van der Waals surface area contributed by atoms with E-state index in [0.717, 1.165) is 5.69 Å². The van der Waals surface area contributed by atoms with Gasteiger partial charge in [-0.25, -0.2) is 4.39 Å². The molecule has 5 heteroatoms. The molecular weight excluding hydrogens is 271 g/mol. The second-order valence-corrected chi connectivity index (χ2v) is 4.54. The number of carbonyl (C=O) groups excluding carboxylic acids is 1. The largest absolute Gasteiger partial charge is 0.494 e. The maximum Gasteiger partial charge on any atom is 0.221 e. The Balaban J connectivity index is 2.11. The molecule has 1 amide bonds. The predicted octanol–water partition coefficient (Wildman–Crippen LogP) is 3.40. The lowest BCUT2D eigenvalue weighted by Gasteiger charge is -2.12. The highest BCUT2D eigenvalue weighted by Gasteiger charge is 2.06. The Hall–Kier alpha value is -2.56. The minimum absolute atomic E-state index is 0.166. The Morgan fingerprint density at radius 1 is 1.24 bits per heavy atom. The first-order valence-electron chi connectivity index (χ1n) is 6.53. The number of amides is 1. The van der Waals surface area contributed by atoms with Crippen LogP contribution in [0.3, 0.4) is 0 Å². The van der Waals surface area contributed by atoms with Gasteiger partial charge in [0.2, 0.25) is 5.91 Å². The van der Waals surface area contributed by atoms with E-state index in [1.54, 1.807) is 36.4 Å². The van der Waals surface area contributed by atoms with Crippen LogP contribution in [0.25, 0.3) is 0 Å². The molecule has 110 valence electrons. The van der Waals surface area contributed by atoms with E-state index in [9.17, 15) is 9.18 Å². The Kier molecular flexibility index (Phi) is 4.77. The average molecular weight is 288 g/mol. The van der Waals surface area contributed by atoms with Crippen molar-refractivity contribution in [3.63, 3.8) is 0 Å². The summed E-state index contributed by atoms with van der Waals surface area (Å²) < 4.78 is 18.8. The molecule has 0 aromatic heterocycles. The van der Waals surface area contributed by atoms with Crippen molar-refractivity contribution in [2.24, 2.45) is 0 Å². The number of nitrogens with one attached hydrogen (secondary N) is 2. The van der Waals surface area contributed by atoms with Crippen molar-refractivity contribution in [3.8, 4) is 5.75 Å². The van der Waals surface area contributed by atoms with Crippen LogP contribution in [0.15, 0.2) is 42.5 Å². The second-order valence-electron chi connectivity index (χ2n) is 4.54. The van der Waals surface area contributed by atoms with Crippen LogP contribution < -0.4 is 15.4 Å². The van der Waals surface area contributed by atoms with E-state index >= 15 is 0 Å². The summed E-state index contributed by atoms with van der Waals surface area (Å²) in [4.78, 5) is 11.1. The van der Waals surface area contributed by atoms with E-state index in [0.29, 0.717) is 23.5 Å². The lowest BCUT2D eigenvalue weighted by atomic mass is 10.2. The van der Waals surface area contributed by atoms with Gasteiger partial charge in [0.1, 0.15) is 11.6 Å². The fraction of sp³-hybridized carbons (Fsp3) is 0.188. The highest BCUT2D eigenvalue weighted by atomic mass is 19.1. The molecule has 0 aliphatic rings. The summed E-state index contributed by atoms with van der Waals surface area (Å²) in [5.41, 5.74) is 1.97. The summed E-state index contributed by atoms with van der Waals surface area (Å²) in [5.74, 6) is 0.135. The molecule has 0 heterocycles. The number of methoxy groups -OCH3 is 1. The summed E-state index contributed by atoms with van der Waals surface area (Å²) in [7, 11) is 1.53. The van der Waals surface area contributed by atoms with Gasteiger partial charge in [-0.15, -0.1) is 0 Å². The van der Waals surface area contributed by atoms with Crippen LogP contribution in [0, 0.1) is 5.82 Å². The van der Waals surface area contributed by atoms with Gasteiger partial charge in [0.05, 0.1) is 12.8 Å². The van der Waals surface area contributed by atoms with Gasteiger partial charge in [-0.1, -0.05) is 18.2 Å². The third-order valence-electron chi connectivity index (χ3n) is 2.95. The standard InChI is InChI=1S/C16H17FN2O2/c1-11(20)19-15-8-7-13(9-16(15)21-2)18-10-12-5-3-4-6-14(12)17/h3-9,18H,10H2,1-2H3,(H,19,20). The zero-order valence-corrected chi connectivity index (χ0v) is 11.9. The number of halogens is 1. The Morgan fingerprint density at radius 3 is 2.67 bits per heavy atom. The Bertz CT molecular complexity index is 644. The van der Waals surface area contributed by atoms with Crippen LogP contribution >= 0.6 is 0 Å². The number of rotatable bonds is 5. The molecule has 0 saturated carbocycles. The molecule has 2 N–H and O–H groups in total.